The molecule has 1 radical (unpaired) electrons. The molecule has 0 spiro atoms. The Hall–Kier alpha value is -2.16. The fourth-order valence-corrected chi connectivity index (χ4v) is 1.29. The van der Waals surface area contributed by atoms with Crippen molar-refractivity contribution in [2.24, 2.45) is 0 Å². The smallest absolute Gasteiger partial charge is 0.199 e. The highest BCUT2D eigenvalue weighted by atomic mass is 16.3. The van der Waals surface area contributed by atoms with Gasteiger partial charge in [0.2, 0.25) is 0 Å². The zero-order valence-electron chi connectivity index (χ0n) is 7.77. The molecule has 0 amide bonds. The van der Waals surface area contributed by atoms with E-state index in [1.54, 1.807) is 18.2 Å². The van der Waals surface area contributed by atoms with Gasteiger partial charge in [-0.1, -0.05) is 6.07 Å². The lowest BCUT2D eigenvalue weighted by atomic mass is 10.1. The van der Waals surface area contributed by atoms with Crippen LogP contribution in [-0.4, -0.2) is 6.29 Å². The van der Waals surface area contributed by atoms with Crippen molar-refractivity contribution in [3.05, 3.63) is 52.4 Å². The summed E-state index contributed by atoms with van der Waals surface area (Å²) < 4.78 is 5.23. The van der Waals surface area contributed by atoms with Crippen LogP contribution in [-0.2, 0) is 4.79 Å². The van der Waals surface area contributed by atoms with Crippen LogP contribution in [0.3, 0.4) is 0 Å². The molecule has 1 heterocycles. The Morgan fingerprint density at radius 2 is 2.27 bits per heavy atom. The van der Waals surface area contributed by atoms with Gasteiger partial charge in [0.1, 0.15) is 18.1 Å². The fourth-order valence-electron chi connectivity index (χ4n) is 1.29. The standard InChI is InChI=1S/C12H7O3/c13-7-3-4-9-8-15-11-6-2-1-5-10(11)12(9)14/h2-8H/b4-3+. The van der Waals surface area contributed by atoms with E-state index in [1.165, 1.54) is 18.4 Å². The summed E-state index contributed by atoms with van der Waals surface area (Å²) in [5, 5.41) is 0.463. The Labute approximate surface area is 85.6 Å². The van der Waals surface area contributed by atoms with Crippen LogP contribution in [0.5, 0.6) is 0 Å². The summed E-state index contributed by atoms with van der Waals surface area (Å²) in [5.41, 5.74) is 0.711. The molecule has 0 bridgehead atoms. The first-order valence-corrected chi connectivity index (χ1v) is 4.36. The summed E-state index contributed by atoms with van der Waals surface area (Å²) >= 11 is 0. The van der Waals surface area contributed by atoms with Crippen LogP contribution in [0.25, 0.3) is 17.0 Å². The minimum absolute atomic E-state index is 0.161. The molecule has 0 fully saturated rings. The molecule has 3 nitrogen and oxygen atoms in total. The molecule has 73 valence electrons. The Morgan fingerprint density at radius 3 is 3.07 bits per heavy atom. The van der Waals surface area contributed by atoms with Gasteiger partial charge < -0.3 is 4.42 Å². The molecule has 1 aromatic heterocycles. The average molecular weight is 199 g/mol. The van der Waals surface area contributed by atoms with E-state index >= 15 is 0 Å². The Kier molecular flexibility index (Phi) is 2.46. The van der Waals surface area contributed by atoms with Gasteiger partial charge in [-0.25, -0.2) is 0 Å². The predicted molar refractivity (Wildman–Crippen MR) is 56.4 cm³/mol. The largest absolute Gasteiger partial charge is 0.463 e. The first kappa shape index (κ1) is 9.40. The van der Waals surface area contributed by atoms with Crippen LogP contribution in [0.4, 0.5) is 0 Å². The maximum atomic E-state index is 11.8. The van der Waals surface area contributed by atoms with Crippen LogP contribution < -0.4 is 5.43 Å². The first-order chi connectivity index (χ1) is 7.33. The van der Waals surface area contributed by atoms with Crippen molar-refractivity contribution in [3.8, 4) is 0 Å². The lowest BCUT2D eigenvalue weighted by Crippen LogP contribution is -2.04. The minimum atomic E-state index is -0.161. The number of allylic oxidation sites excluding steroid dienone is 1. The second kappa shape index (κ2) is 3.92. The van der Waals surface area contributed by atoms with E-state index in [9.17, 15) is 9.59 Å². The maximum absolute atomic E-state index is 11.8. The summed E-state index contributed by atoms with van der Waals surface area (Å²) in [7, 11) is 0. The third kappa shape index (κ3) is 1.72. The zero-order chi connectivity index (χ0) is 10.7. The van der Waals surface area contributed by atoms with Crippen LogP contribution in [0.1, 0.15) is 5.56 Å². The molecular weight excluding hydrogens is 192 g/mol. The topological polar surface area (TPSA) is 47.3 Å². The molecule has 0 atom stereocenters. The van der Waals surface area contributed by atoms with Crippen molar-refractivity contribution in [2.75, 3.05) is 0 Å². The highest BCUT2D eigenvalue weighted by molar-refractivity contribution is 5.80. The second-order valence-corrected chi connectivity index (χ2v) is 2.94. The summed E-state index contributed by atoms with van der Waals surface area (Å²) in [6, 6.07) is 7.72. The molecule has 0 aliphatic heterocycles. The molecule has 2 rings (SSSR count). The van der Waals surface area contributed by atoms with Crippen molar-refractivity contribution in [3.63, 3.8) is 0 Å². The quantitative estimate of drug-likeness (QED) is 0.547. The number of carbonyl (C=O) groups excluding carboxylic acids is 1. The van der Waals surface area contributed by atoms with Gasteiger partial charge in [0.15, 0.2) is 5.43 Å². The number of benzene rings is 1. The predicted octanol–water partition coefficient (Wildman–Crippen LogP) is 1.81. The number of fused-ring (bicyclic) bond motifs is 1. The number of hydrogen-bond acceptors (Lipinski definition) is 3. The molecule has 0 unspecified atom stereocenters. The van der Waals surface area contributed by atoms with E-state index in [-0.39, 0.29) is 5.43 Å². The average Bonchev–Trinajstić information content (AvgIpc) is 2.29. The highest BCUT2D eigenvalue weighted by Crippen LogP contribution is 2.10. The number of carbonyl (C=O) groups is 1. The van der Waals surface area contributed by atoms with Crippen molar-refractivity contribution in [1.29, 1.82) is 0 Å². The second-order valence-electron chi connectivity index (χ2n) is 2.94. The van der Waals surface area contributed by atoms with Gasteiger partial charge in [0, 0.05) is 0 Å². The van der Waals surface area contributed by atoms with Gasteiger partial charge in [-0.05, 0) is 30.4 Å². The van der Waals surface area contributed by atoms with Crippen LogP contribution in [0.15, 0.2) is 39.7 Å². The number of hydrogen-bond donors (Lipinski definition) is 0. The van der Waals surface area contributed by atoms with E-state index < -0.39 is 0 Å². The number of rotatable bonds is 2. The minimum Gasteiger partial charge on any atom is -0.463 e. The molecule has 0 saturated heterocycles. The van der Waals surface area contributed by atoms with E-state index in [1.807, 2.05) is 0 Å². The molecule has 0 N–H and O–H groups in total. The third-order valence-electron chi connectivity index (χ3n) is 2.00. The molecular formula is C12H7O3. The molecule has 1 aromatic carbocycles. The van der Waals surface area contributed by atoms with Crippen molar-refractivity contribution in [2.45, 2.75) is 0 Å². The van der Waals surface area contributed by atoms with Crippen LogP contribution in [0.2, 0.25) is 0 Å². The zero-order valence-corrected chi connectivity index (χ0v) is 7.77. The monoisotopic (exact) mass is 199 g/mol. The van der Waals surface area contributed by atoms with Crippen molar-refractivity contribution >= 4 is 23.3 Å². The van der Waals surface area contributed by atoms with Gasteiger partial charge in [0.05, 0.1) is 10.9 Å². The molecule has 0 saturated carbocycles. The summed E-state index contributed by atoms with van der Waals surface area (Å²) in [6.45, 7) is 0. The van der Waals surface area contributed by atoms with Crippen LogP contribution >= 0.6 is 0 Å². The van der Waals surface area contributed by atoms with Gasteiger partial charge >= 0.3 is 0 Å². The Morgan fingerprint density at radius 1 is 1.40 bits per heavy atom. The lowest BCUT2D eigenvalue weighted by Gasteiger charge is -1.96. The van der Waals surface area contributed by atoms with Gasteiger partial charge in [0.25, 0.3) is 0 Å². The summed E-state index contributed by atoms with van der Waals surface area (Å²) in [4.78, 5) is 21.9. The van der Waals surface area contributed by atoms with E-state index in [2.05, 4.69) is 6.07 Å². The maximum Gasteiger partial charge on any atom is 0.199 e. The third-order valence-corrected chi connectivity index (χ3v) is 2.00. The summed E-state index contributed by atoms with van der Waals surface area (Å²) in [5.74, 6) is 0. The molecule has 2 aromatic rings. The molecule has 15 heavy (non-hydrogen) atoms. The number of aldehydes is 1. The Balaban J connectivity index is 2.70. The molecule has 0 aliphatic rings. The normalized spacial score (nSPS) is 10.9. The molecule has 3 heteroatoms. The Bertz CT molecular complexity index is 579. The first-order valence-electron chi connectivity index (χ1n) is 4.36. The van der Waals surface area contributed by atoms with Gasteiger partial charge in [-0.2, -0.15) is 0 Å². The van der Waals surface area contributed by atoms with E-state index in [0.717, 1.165) is 0 Å². The molecule has 0 aliphatic carbocycles. The highest BCUT2D eigenvalue weighted by Gasteiger charge is 2.02. The van der Waals surface area contributed by atoms with Crippen molar-refractivity contribution < 1.29 is 9.21 Å². The van der Waals surface area contributed by atoms with Gasteiger partial charge in [-0.15, -0.1) is 0 Å². The van der Waals surface area contributed by atoms with Crippen molar-refractivity contribution in [1.82, 2.24) is 0 Å². The lowest BCUT2D eigenvalue weighted by molar-refractivity contribution is -0.104. The van der Waals surface area contributed by atoms with E-state index in [0.29, 0.717) is 22.8 Å². The SMILES string of the molecule is O=C/C=C/c1coc2cc[c]cc2c1=O. The van der Waals surface area contributed by atoms with Crippen LogP contribution in [0, 0.1) is 6.07 Å². The van der Waals surface area contributed by atoms with Gasteiger partial charge in [-0.3, -0.25) is 9.59 Å². The van der Waals surface area contributed by atoms with E-state index in [4.69, 9.17) is 4.42 Å². The fraction of sp³-hybridized carbons (Fsp3) is 0. The summed E-state index contributed by atoms with van der Waals surface area (Å²) in [6.07, 6.45) is 4.63.